The van der Waals surface area contributed by atoms with E-state index < -0.39 is 0 Å². The number of aromatic nitrogens is 1. The number of amides is 1. The van der Waals surface area contributed by atoms with Crippen molar-refractivity contribution in [3.05, 3.63) is 22.8 Å². The molecule has 0 bridgehead atoms. The summed E-state index contributed by atoms with van der Waals surface area (Å²) in [5.41, 5.74) is 0. The summed E-state index contributed by atoms with van der Waals surface area (Å²) in [4.78, 5) is 17.4. The van der Waals surface area contributed by atoms with Gasteiger partial charge in [-0.15, -0.1) is 0 Å². The minimum Gasteiger partial charge on any atom is -0.344 e. The number of hydrogen-bond donors (Lipinski definition) is 0. The second-order valence-corrected chi connectivity index (χ2v) is 5.12. The lowest BCUT2D eigenvalue weighted by Crippen LogP contribution is -2.29. The molecule has 1 aromatic heterocycles. The van der Waals surface area contributed by atoms with Crippen LogP contribution in [0.3, 0.4) is 0 Å². The highest BCUT2D eigenvalue weighted by Crippen LogP contribution is 2.24. The lowest BCUT2D eigenvalue weighted by Gasteiger charge is -2.14. The Hall–Kier alpha value is -1.06. The Balaban J connectivity index is 2.43. The molecule has 1 aromatic rings. The summed E-state index contributed by atoms with van der Waals surface area (Å²) in [6, 6.07) is 5.73. The van der Waals surface area contributed by atoms with Crippen LogP contribution in [0.2, 0.25) is 0 Å². The molecular formula is C11H12BrN3OS. The van der Waals surface area contributed by atoms with Gasteiger partial charge in [-0.05, 0) is 28.1 Å². The van der Waals surface area contributed by atoms with Gasteiger partial charge in [-0.25, -0.2) is 4.98 Å². The van der Waals surface area contributed by atoms with E-state index in [9.17, 15) is 4.79 Å². The Morgan fingerprint density at radius 1 is 1.71 bits per heavy atom. The predicted octanol–water partition coefficient (Wildman–Crippen LogP) is 2.31. The van der Waals surface area contributed by atoms with Gasteiger partial charge < -0.3 is 4.90 Å². The third kappa shape index (κ3) is 4.75. The molecule has 0 aromatic carbocycles. The molecule has 17 heavy (non-hydrogen) atoms. The Bertz CT molecular complexity index is 433. The van der Waals surface area contributed by atoms with Gasteiger partial charge in [0.05, 0.1) is 18.2 Å². The van der Waals surface area contributed by atoms with E-state index in [-0.39, 0.29) is 5.91 Å². The average molecular weight is 314 g/mol. The fraction of sp³-hybridized carbons (Fsp3) is 0.364. The summed E-state index contributed by atoms with van der Waals surface area (Å²) in [5.74, 6) is 0.333. The molecule has 0 atom stereocenters. The molecule has 0 unspecified atom stereocenters. The van der Waals surface area contributed by atoms with Crippen LogP contribution in [0.15, 0.2) is 27.8 Å². The van der Waals surface area contributed by atoms with Crippen LogP contribution >= 0.6 is 27.7 Å². The fourth-order valence-corrected chi connectivity index (χ4v) is 2.48. The van der Waals surface area contributed by atoms with E-state index in [1.165, 1.54) is 11.8 Å². The van der Waals surface area contributed by atoms with Gasteiger partial charge in [0.2, 0.25) is 5.91 Å². The van der Waals surface area contributed by atoms with Crippen LogP contribution in [0.1, 0.15) is 6.42 Å². The van der Waals surface area contributed by atoms with Crippen molar-refractivity contribution in [1.29, 1.82) is 5.26 Å². The first kappa shape index (κ1) is 14.0. The summed E-state index contributed by atoms with van der Waals surface area (Å²) in [5, 5.41) is 9.23. The Morgan fingerprint density at radius 3 is 3.12 bits per heavy atom. The number of pyridine rings is 1. The highest BCUT2D eigenvalue weighted by Gasteiger charge is 2.10. The van der Waals surface area contributed by atoms with Crippen LogP contribution in [0, 0.1) is 11.3 Å². The van der Waals surface area contributed by atoms with Crippen molar-refractivity contribution in [2.75, 3.05) is 19.3 Å². The van der Waals surface area contributed by atoms with Crippen molar-refractivity contribution < 1.29 is 4.79 Å². The molecular weight excluding hydrogens is 302 g/mol. The third-order valence-corrected chi connectivity index (χ3v) is 3.93. The largest absolute Gasteiger partial charge is 0.344 e. The molecule has 0 saturated carbocycles. The molecule has 0 aliphatic heterocycles. The molecule has 1 rings (SSSR count). The van der Waals surface area contributed by atoms with Crippen molar-refractivity contribution in [2.45, 2.75) is 11.4 Å². The molecule has 0 aliphatic carbocycles. The van der Waals surface area contributed by atoms with Gasteiger partial charge in [0.15, 0.2) is 0 Å². The van der Waals surface area contributed by atoms with Gasteiger partial charge in [0.25, 0.3) is 0 Å². The second kappa shape index (κ2) is 7.30. The van der Waals surface area contributed by atoms with E-state index in [4.69, 9.17) is 5.26 Å². The number of carbonyl (C=O) groups excluding carboxylic acids is 1. The topological polar surface area (TPSA) is 57.0 Å². The summed E-state index contributed by atoms with van der Waals surface area (Å²) in [6.45, 7) is 0.472. The van der Waals surface area contributed by atoms with Gasteiger partial charge in [-0.2, -0.15) is 5.26 Å². The number of halogens is 1. The molecule has 0 aliphatic rings. The average Bonchev–Trinajstić information content (AvgIpc) is 2.34. The smallest absolute Gasteiger partial charge is 0.232 e. The van der Waals surface area contributed by atoms with E-state index in [0.717, 1.165) is 9.50 Å². The molecule has 0 spiro atoms. The van der Waals surface area contributed by atoms with Gasteiger partial charge in [-0.3, -0.25) is 4.79 Å². The minimum atomic E-state index is 0.00260. The Morgan fingerprint density at radius 2 is 2.47 bits per heavy atom. The standard InChI is InChI=1S/C11H12BrN3OS/c1-15(7-3-5-13)10(16)8-17-11-9(12)4-2-6-14-11/h2,4,6H,3,7-8H2,1H3. The maximum atomic E-state index is 11.7. The Labute approximate surface area is 113 Å². The molecule has 1 heterocycles. The van der Waals surface area contributed by atoms with Crippen molar-refractivity contribution in [3.8, 4) is 6.07 Å². The maximum Gasteiger partial charge on any atom is 0.232 e. The lowest BCUT2D eigenvalue weighted by molar-refractivity contribution is -0.127. The summed E-state index contributed by atoms with van der Waals surface area (Å²) < 4.78 is 0.887. The highest BCUT2D eigenvalue weighted by atomic mass is 79.9. The number of nitrogens with zero attached hydrogens (tertiary/aromatic N) is 3. The number of carbonyl (C=O) groups is 1. The van der Waals surface area contributed by atoms with Crippen molar-refractivity contribution >= 4 is 33.6 Å². The first-order chi connectivity index (χ1) is 8.15. The molecule has 0 N–H and O–H groups in total. The van der Waals surface area contributed by atoms with Gasteiger partial charge >= 0.3 is 0 Å². The number of nitriles is 1. The third-order valence-electron chi connectivity index (χ3n) is 2.04. The van der Waals surface area contributed by atoms with Gasteiger partial charge in [0, 0.05) is 24.3 Å². The van der Waals surface area contributed by atoms with Crippen LogP contribution in [0.5, 0.6) is 0 Å². The highest BCUT2D eigenvalue weighted by molar-refractivity contribution is 9.10. The van der Waals surface area contributed by atoms with Crippen LogP contribution < -0.4 is 0 Å². The van der Waals surface area contributed by atoms with Gasteiger partial charge in [0.1, 0.15) is 5.03 Å². The summed E-state index contributed by atoms with van der Waals surface area (Å²) >= 11 is 4.76. The SMILES string of the molecule is CN(CCC#N)C(=O)CSc1ncccc1Br. The molecule has 0 fully saturated rings. The van der Waals surface area contributed by atoms with Crippen LogP contribution in [0.4, 0.5) is 0 Å². The van der Waals surface area contributed by atoms with E-state index >= 15 is 0 Å². The zero-order valence-corrected chi connectivity index (χ0v) is 11.8. The van der Waals surface area contributed by atoms with Crippen LogP contribution in [-0.2, 0) is 4.79 Å². The first-order valence-corrected chi connectivity index (χ1v) is 6.77. The van der Waals surface area contributed by atoms with Crippen LogP contribution in [-0.4, -0.2) is 35.1 Å². The maximum absolute atomic E-state index is 11.7. The number of rotatable bonds is 5. The van der Waals surface area contributed by atoms with Crippen molar-refractivity contribution in [2.24, 2.45) is 0 Å². The predicted molar refractivity (Wildman–Crippen MR) is 70.5 cm³/mol. The van der Waals surface area contributed by atoms with Gasteiger partial charge in [-0.1, -0.05) is 11.8 Å². The van der Waals surface area contributed by atoms with Crippen LogP contribution in [0.25, 0.3) is 0 Å². The van der Waals surface area contributed by atoms with Crippen molar-refractivity contribution in [3.63, 3.8) is 0 Å². The molecule has 6 heteroatoms. The fourth-order valence-electron chi connectivity index (χ4n) is 1.06. The van der Waals surface area contributed by atoms with Crippen molar-refractivity contribution in [1.82, 2.24) is 9.88 Å². The monoisotopic (exact) mass is 313 g/mol. The first-order valence-electron chi connectivity index (χ1n) is 4.99. The van der Waals surface area contributed by atoms with E-state index in [0.29, 0.717) is 18.7 Å². The lowest BCUT2D eigenvalue weighted by atomic mass is 10.4. The molecule has 4 nitrogen and oxygen atoms in total. The van der Waals surface area contributed by atoms with E-state index in [2.05, 4.69) is 20.9 Å². The number of hydrogen-bond acceptors (Lipinski definition) is 4. The summed E-state index contributed by atoms with van der Waals surface area (Å²) in [7, 11) is 1.70. The Kier molecular flexibility index (Phi) is 6.01. The zero-order chi connectivity index (χ0) is 12.7. The second-order valence-electron chi connectivity index (χ2n) is 3.30. The summed E-state index contributed by atoms with van der Waals surface area (Å²) in [6.07, 6.45) is 2.05. The molecule has 1 amide bonds. The molecule has 0 radical (unpaired) electrons. The normalized spacial score (nSPS) is 9.71. The van der Waals surface area contributed by atoms with E-state index in [1.807, 2.05) is 18.2 Å². The van der Waals surface area contributed by atoms with E-state index in [1.54, 1.807) is 18.1 Å². The molecule has 0 saturated heterocycles. The quantitative estimate of drug-likeness (QED) is 0.783. The zero-order valence-electron chi connectivity index (χ0n) is 9.39. The number of thioether (sulfide) groups is 1. The molecule has 90 valence electrons. The minimum absolute atomic E-state index is 0.00260.